The van der Waals surface area contributed by atoms with Gasteiger partial charge in [-0.05, 0) is 35.7 Å². The number of anilines is 2. The van der Waals surface area contributed by atoms with Crippen molar-refractivity contribution < 1.29 is 39.5 Å². The Morgan fingerprint density at radius 2 is 1.75 bits per heavy atom. The molecule has 0 amide bonds. The first kappa shape index (κ1) is 18.2. The summed E-state index contributed by atoms with van der Waals surface area (Å²) >= 11 is 0. The van der Waals surface area contributed by atoms with Crippen LogP contribution in [-0.2, 0) is 6.42 Å². The molecule has 0 atom stereocenters. The fraction of sp³-hybridized carbons (Fsp3) is 0.0526. The fourth-order valence-electron chi connectivity index (χ4n) is 2.42. The van der Waals surface area contributed by atoms with Crippen molar-refractivity contribution in [2.75, 3.05) is 5.32 Å². The van der Waals surface area contributed by atoms with Crippen molar-refractivity contribution in [1.82, 2.24) is 4.98 Å². The summed E-state index contributed by atoms with van der Waals surface area (Å²) in [5.74, 6) is -1.23. The van der Waals surface area contributed by atoms with Crippen molar-refractivity contribution in [3.8, 4) is 0 Å². The molecule has 0 saturated heterocycles. The molecule has 1 N–H and O–H groups in total. The van der Waals surface area contributed by atoms with Crippen molar-refractivity contribution in [3.63, 3.8) is 0 Å². The SMILES string of the molecule is O=C([O-])c1ccncc1Nc1cccc(Cc2ccccc2)c1.[Na+]. The Balaban J connectivity index is 0.00000208. The second-order valence-corrected chi connectivity index (χ2v) is 5.20. The smallest absolute Gasteiger partial charge is 0.545 e. The first-order chi connectivity index (χ1) is 11.2. The molecule has 3 rings (SSSR count). The third-order valence-corrected chi connectivity index (χ3v) is 3.50. The van der Waals surface area contributed by atoms with Gasteiger partial charge in [0.25, 0.3) is 0 Å². The van der Waals surface area contributed by atoms with Crippen molar-refractivity contribution in [2.45, 2.75) is 6.42 Å². The average molecular weight is 326 g/mol. The minimum absolute atomic E-state index is 0. The number of carboxylic acid groups (broad SMARTS) is 1. The van der Waals surface area contributed by atoms with E-state index in [1.54, 1.807) is 0 Å². The Kier molecular flexibility index (Phi) is 6.55. The van der Waals surface area contributed by atoms with Gasteiger partial charge in [0.15, 0.2) is 0 Å². The number of benzene rings is 2. The van der Waals surface area contributed by atoms with Gasteiger partial charge < -0.3 is 15.2 Å². The summed E-state index contributed by atoms with van der Waals surface area (Å²) in [5, 5.41) is 14.2. The summed E-state index contributed by atoms with van der Waals surface area (Å²) in [5.41, 5.74) is 3.69. The average Bonchev–Trinajstić information content (AvgIpc) is 2.56. The summed E-state index contributed by atoms with van der Waals surface area (Å²) in [6.07, 6.45) is 3.73. The first-order valence-corrected chi connectivity index (χ1v) is 7.27. The normalized spacial score (nSPS) is 9.83. The van der Waals surface area contributed by atoms with Crippen LogP contribution in [0.5, 0.6) is 0 Å². The third kappa shape index (κ3) is 4.68. The van der Waals surface area contributed by atoms with Gasteiger partial charge >= 0.3 is 29.6 Å². The molecule has 0 fully saturated rings. The molecule has 3 aromatic rings. The van der Waals surface area contributed by atoms with Gasteiger partial charge in [-0.1, -0.05) is 42.5 Å². The standard InChI is InChI=1S/C19H16N2O2.Na/c22-19(23)17-9-10-20-13-18(17)21-16-8-4-7-15(12-16)11-14-5-2-1-3-6-14;/h1-10,12-13,21H,11H2,(H,22,23);/q;+1/p-1. The van der Waals surface area contributed by atoms with Crippen molar-refractivity contribution in [1.29, 1.82) is 0 Å². The number of aromatic nitrogens is 1. The molecular weight excluding hydrogens is 311 g/mol. The number of hydrogen-bond donors (Lipinski definition) is 1. The van der Waals surface area contributed by atoms with Crippen LogP contribution in [-0.4, -0.2) is 11.0 Å². The van der Waals surface area contributed by atoms with Crippen molar-refractivity contribution in [2.24, 2.45) is 0 Å². The number of carbonyl (C=O) groups excluding carboxylic acids is 1. The minimum Gasteiger partial charge on any atom is -0.545 e. The van der Waals surface area contributed by atoms with Crippen LogP contribution in [0.4, 0.5) is 11.4 Å². The number of carboxylic acids is 1. The molecule has 0 saturated carbocycles. The maximum absolute atomic E-state index is 11.1. The van der Waals surface area contributed by atoms with E-state index < -0.39 is 5.97 Å². The van der Waals surface area contributed by atoms with E-state index in [0.717, 1.165) is 17.7 Å². The molecule has 114 valence electrons. The number of nitrogens with one attached hydrogen (secondary N) is 1. The van der Waals surface area contributed by atoms with E-state index in [1.165, 1.54) is 24.0 Å². The predicted molar refractivity (Wildman–Crippen MR) is 87.5 cm³/mol. The number of aromatic carboxylic acids is 1. The topological polar surface area (TPSA) is 65.0 Å². The molecule has 0 aliphatic carbocycles. The van der Waals surface area contributed by atoms with Gasteiger partial charge in [-0.2, -0.15) is 0 Å². The van der Waals surface area contributed by atoms with Crippen molar-refractivity contribution in [3.05, 3.63) is 89.7 Å². The van der Waals surface area contributed by atoms with E-state index >= 15 is 0 Å². The molecule has 1 heterocycles. The predicted octanol–water partition coefficient (Wildman–Crippen LogP) is -0.217. The first-order valence-electron chi connectivity index (χ1n) is 7.27. The molecule has 0 unspecified atom stereocenters. The second kappa shape index (κ2) is 8.64. The summed E-state index contributed by atoms with van der Waals surface area (Å²) in [6.45, 7) is 0. The van der Waals surface area contributed by atoms with E-state index in [9.17, 15) is 9.90 Å². The Hall–Kier alpha value is -2.14. The number of carbonyl (C=O) groups is 1. The Morgan fingerprint density at radius 3 is 2.50 bits per heavy atom. The minimum atomic E-state index is -1.23. The summed E-state index contributed by atoms with van der Waals surface area (Å²) in [6, 6.07) is 19.5. The van der Waals surface area contributed by atoms with E-state index in [2.05, 4.69) is 22.4 Å². The number of hydrogen-bond acceptors (Lipinski definition) is 4. The van der Waals surface area contributed by atoms with Crippen LogP contribution in [0.3, 0.4) is 0 Å². The van der Waals surface area contributed by atoms with E-state index in [0.29, 0.717) is 5.69 Å². The molecule has 1 aromatic heterocycles. The van der Waals surface area contributed by atoms with Crippen LogP contribution in [0, 0.1) is 0 Å². The van der Waals surface area contributed by atoms with Crippen molar-refractivity contribution >= 4 is 17.3 Å². The molecule has 2 aromatic carbocycles. The number of nitrogens with zero attached hydrogens (tertiary/aromatic N) is 1. The molecule has 24 heavy (non-hydrogen) atoms. The zero-order chi connectivity index (χ0) is 16.1. The molecule has 0 bridgehead atoms. The van der Waals surface area contributed by atoms with Crippen LogP contribution in [0.2, 0.25) is 0 Å². The van der Waals surface area contributed by atoms with Gasteiger partial charge in [0.05, 0.1) is 17.9 Å². The Labute approximate surface area is 162 Å². The largest absolute Gasteiger partial charge is 1.00 e. The van der Waals surface area contributed by atoms with Gasteiger partial charge in [0.1, 0.15) is 0 Å². The summed E-state index contributed by atoms with van der Waals surface area (Å²) < 4.78 is 0. The van der Waals surface area contributed by atoms with Gasteiger partial charge in [-0.3, -0.25) is 4.98 Å². The number of pyridine rings is 1. The molecule has 5 heteroatoms. The molecule has 0 aliphatic rings. The van der Waals surface area contributed by atoms with Gasteiger partial charge in [-0.25, -0.2) is 0 Å². The maximum Gasteiger partial charge on any atom is 1.00 e. The van der Waals surface area contributed by atoms with E-state index in [-0.39, 0.29) is 35.1 Å². The molecular formula is C19H15N2NaO2. The second-order valence-electron chi connectivity index (χ2n) is 5.20. The quantitative estimate of drug-likeness (QED) is 0.659. The molecule has 0 aliphatic heterocycles. The zero-order valence-electron chi connectivity index (χ0n) is 13.4. The maximum atomic E-state index is 11.1. The van der Waals surface area contributed by atoms with Crippen LogP contribution in [0.25, 0.3) is 0 Å². The van der Waals surface area contributed by atoms with Crippen LogP contribution < -0.4 is 40.0 Å². The van der Waals surface area contributed by atoms with Gasteiger partial charge in [0.2, 0.25) is 0 Å². The molecule has 0 spiro atoms. The third-order valence-electron chi connectivity index (χ3n) is 3.50. The monoisotopic (exact) mass is 326 g/mol. The molecule has 0 radical (unpaired) electrons. The zero-order valence-corrected chi connectivity index (χ0v) is 15.4. The van der Waals surface area contributed by atoms with Crippen LogP contribution in [0.1, 0.15) is 21.5 Å². The van der Waals surface area contributed by atoms with Crippen LogP contribution in [0.15, 0.2) is 73.1 Å². The van der Waals surface area contributed by atoms with Gasteiger partial charge in [0, 0.05) is 17.4 Å². The number of rotatable bonds is 5. The Morgan fingerprint density at radius 1 is 1.00 bits per heavy atom. The van der Waals surface area contributed by atoms with Gasteiger partial charge in [-0.15, -0.1) is 0 Å². The Bertz CT molecular complexity index is 822. The van der Waals surface area contributed by atoms with E-state index in [1.807, 2.05) is 42.5 Å². The summed E-state index contributed by atoms with van der Waals surface area (Å²) in [7, 11) is 0. The fourth-order valence-corrected chi connectivity index (χ4v) is 2.42. The molecule has 4 nitrogen and oxygen atoms in total. The summed E-state index contributed by atoms with van der Waals surface area (Å²) in [4.78, 5) is 15.1. The van der Waals surface area contributed by atoms with E-state index in [4.69, 9.17) is 0 Å². The van der Waals surface area contributed by atoms with Crippen LogP contribution >= 0.6 is 0 Å².